The van der Waals surface area contributed by atoms with Crippen LogP contribution in [0.1, 0.15) is 47.6 Å². The molecule has 0 unspecified atom stereocenters. The summed E-state index contributed by atoms with van der Waals surface area (Å²) in [7, 11) is 0. The number of hydrogen-bond acceptors (Lipinski definition) is 6. The number of nitrogens with one attached hydrogen (secondary N) is 1. The molecule has 0 spiro atoms. The molecule has 7 nitrogen and oxygen atoms in total. The zero-order valence-corrected chi connectivity index (χ0v) is 16.1. The Hall–Kier alpha value is -2.32. The van der Waals surface area contributed by atoms with Gasteiger partial charge in [0.1, 0.15) is 10.8 Å². The number of hydrogen-bond donors (Lipinski definition) is 1. The first-order chi connectivity index (χ1) is 12.6. The van der Waals surface area contributed by atoms with E-state index >= 15 is 0 Å². The van der Waals surface area contributed by atoms with Crippen LogP contribution in [0.5, 0.6) is 0 Å². The number of halogens is 1. The molecule has 1 amide bonds. The monoisotopic (exact) mass is 390 g/mol. The molecule has 0 aliphatic heterocycles. The van der Waals surface area contributed by atoms with Gasteiger partial charge in [0, 0.05) is 6.42 Å². The maximum Gasteiger partial charge on any atom is 0.297 e. The number of anilines is 1. The fourth-order valence-electron chi connectivity index (χ4n) is 2.42. The summed E-state index contributed by atoms with van der Waals surface area (Å²) in [6.45, 7) is 3.92. The lowest BCUT2D eigenvalue weighted by atomic mass is 10.2. The molecule has 0 atom stereocenters. The Morgan fingerprint density at radius 2 is 2.08 bits per heavy atom. The fourth-order valence-corrected chi connectivity index (χ4v) is 3.41. The zero-order chi connectivity index (χ0) is 18.5. The second-order valence-electron chi connectivity index (χ2n) is 5.76. The van der Waals surface area contributed by atoms with E-state index in [1.165, 1.54) is 11.3 Å². The smallest absolute Gasteiger partial charge is 0.294 e. The van der Waals surface area contributed by atoms with Gasteiger partial charge in [0.05, 0.1) is 10.7 Å². The highest BCUT2D eigenvalue weighted by atomic mass is 35.5. The molecule has 0 aliphatic rings. The van der Waals surface area contributed by atoms with Crippen molar-refractivity contribution in [3.63, 3.8) is 0 Å². The molecule has 3 rings (SSSR count). The van der Waals surface area contributed by atoms with Crippen molar-refractivity contribution in [3.05, 3.63) is 45.9 Å². The Kier molecular flexibility index (Phi) is 5.95. The molecule has 3 aromatic rings. The third kappa shape index (κ3) is 4.25. The van der Waals surface area contributed by atoms with Gasteiger partial charge in [-0.15, -0.1) is 15.3 Å². The molecule has 0 radical (unpaired) electrons. The summed E-state index contributed by atoms with van der Waals surface area (Å²) in [6.07, 6.45) is 4.26. The van der Waals surface area contributed by atoms with Crippen molar-refractivity contribution in [2.45, 2.75) is 39.5 Å². The van der Waals surface area contributed by atoms with E-state index in [0.717, 1.165) is 30.7 Å². The summed E-state index contributed by atoms with van der Waals surface area (Å²) < 4.78 is 1.55. The molecule has 9 heteroatoms. The van der Waals surface area contributed by atoms with Crippen molar-refractivity contribution in [1.82, 2.24) is 25.0 Å². The number of benzene rings is 1. The average Bonchev–Trinajstić information content (AvgIpc) is 3.22. The third-order valence-electron chi connectivity index (χ3n) is 3.73. The third-order valence-corrected chi connectivity index (χ3v) is 4.95. The largest absolute Gasteiger partial charge is 0.297 e. The molecule has 0 saturated heterocycles. The van der Waals surface area contributed by atoms with Gasteiger partial charge in [-0.25, -0.2) is 9.67 Å². The van der Waals surface area contributed by atoms with E-state index in [1.54, 1.807) is 17.7 Å². The molecule has 0 bridgehead atoms. The van der Waals surface area contributed by atoms with Crippen molar-refractivity contribution in [2.24, 2.45) is 0 Å². The number of carbonyl (C=O) groups excluding carboxylic acids is 1. The Bertz CT molecular complexity index is 906. The van der Waals surface area contributed by atoms with E-state index in [9.17, 15) is 4.79 Å². The number of rotatable bonds is 7. The maximum absolute atomic E-state index is 12.4. The number of amides is 1. The SMILES string of the molecule is CCCCCc1nnc(NC(=O)c2nc(C)n(-c3ccccc3Cl)n2)s1. The molecule has 26 heavy (non-hydrogen) atoms. The maximum atomic E-state index is 12.4. The summed E-state index contributed by atoms with van der Waals surface area (Å²) in [4.78, 5) is 16.7. The van der Waals surface area contributed by atoms with Gasteiger partial charge in [-0.3, -0.25) is 10.1 Å². The molecule has 0 fully saturated rings. The van der Waals surface area contributed by atoms with E-state index in [2.05, 4.69) is 32.5 Å². The van der Waals surface area contributed by atoms with Crippen molar-refractivity contribution >= 4 is 34.0 Å². The lowest BCUT2D eigenvalue weighted by Crippen LogP contribution is -2.14. The lowest BCUT2D eigenvalue weighted by Gasteiger charge is -2.04. The van der Waals surface area contributed by atoms with Crippen LogP contribution in [0.15, 0.2) is 24.3 Å². The number of aromatic nitrogens is 5. The highest BCUT2D eigenvalue weighted by Gasteiger charge is 2.18. The highest BCUT2D eigenvalue weighted by molar-refractivity contribution is 7.15. The summed E-state index contributed by atoms with van der Waals surface area (Å²) >= 11 is 7.58. The second-order valence-corrected chi connectivity index (χ2v) is 7.23. The van der Waals surface area contributed by atoms with Crippen LogP contribution in [0, 0.1) is 6.92 Å². The average molecular weight is 391 g/mol. The Balaban J connectivity index is 1.71. The van der Waals surface area contributed by atoms with Crippen molar-refractivity contribution in [3.8, 4) is 5.69 Å². The Morgan fingerprint density at radius 3 is 2.85 bits per heavy atom. The Morgan fingerprint density at radius 1 is 1.27 bits per heavy atom. The molecule has 2 heterocycles. The molecule has 1 aromatic carbocycles. The van der Waals surface area contributed by atoms with Crippen LogP contribution in [-0.2, 0) is 6.42 Å². The number of para-hydroxylation sites is 1. The number of unbranched alkanes of at least 4 members (excludes halogenated alkanes) is 2. The van der Waals surface area contributed by atoms with Crippen LogP contribution in [0.3, 0.4) is 0 Å². The molecular weight excluding hydrogens is 372 g/mol. The fraction of sp³-hybridized carbons (Fsp3) is 0.353. The topological polar surface area (TPSA) is 85.6 Å². The first kappa shape index (κ1) is 18.5. The van der Waals surface area contributed by atoms with E-state index in [0.29, 0.717) is 21.7 Å². The van der Waals surface area contributed by atoms with Crippen molar-refractivity contribution in [2.75, 3.05) is 5.32 Å². The lowest BCUT2D eigenvalue weighted by molar-refractivity contribution is 0.101. The van der Waals surface area contributed by atoms with Crippen molar-refractivity contribution in [1.29, 1.82) is 0 Å². The number of carbonyl (C=O) groups is 1. The predicted octanol–water partition coefficient (Wildman–Crippen LogP) is 4.07. The first-order valence-corrected chi connectivity index (χ1v) is 9.60. The molecule has 0 saturated carbocycles. The Labute approximate surface area is 160 Å². The van der Waals surface area contributed by atoms with Gasteiger partial charge >= 0.3 is 0 Å². The van der Waals surface area contributed by atoms with Gasteiger partial charge in [0.15, 0.2) is 0 Å². The van der Waals surface area contributed by atoms with Crippen LogP contribution in [0.2, 0.25) is 5.02 Å². The van der Waals surface area contributed by atoms with Crippen LogP contribution < -0.4 is 5.32 Å². The molecule has 0 aliphatic carbocycles. The van der Waals surface area contributed by atoms with Gasteiger partial charge in [-0.05, 0) is 25.5 Å². The minimum Gasteiger partial charge on any atom is -0.294 e. The van der Waals surface area contributed by atoms with Gasteiger partial charge < -0.3 is 0 Å². The number of nitrogens with zero attached hydrogens (tertiary/aromatic N) is 5. The van der Waals surface area contributed by atoms with Crippen LogP contribution in [0.25, 0.3) is 5.69 Å². The summed E-state index contributed by atoms with van der Waals surface area (Å²) in [6, 6.07) is 7.26. The van der Waals surface area contributed by atoms with E-state index in [4.69, 9.17) is 11.6 Å². The number of aryl methyl sites for hydroxylation is 2. The van der Waals surface area contributed by atoms with E-state index in [-0.39, 0.29) is 5.82 Å². The highest BCUT2D eigenvalue weighted by Crippen LogP contribution is 2.21. The standard InChI is InChI=1S/C17H19ClN6OS/c1-3-4-5-10-14-21-22-17(26-14)20-16(25)15-19-11(2)24(23-15)13-9-7-6-8-12(13)18/h6-9H,3-5,10H2,1-2H3,(H,20,22,25). The van der Waals surface area contributed by atoms with Gasteiger partial charge in [-0.2, -0.15) is 0 Å². The first-order valence-electron chi connectivity index (χ1n) is 8.40. The summed E-state index contributed by atoms with van der Waals surface area (Å²) in [5.74, 6) is 0.209. The summed E-state index contributed by atoms with van der Waals surface area (Å²) in [5.41, 5.74) is 0.673. The summed E-state index contributed by atoms with van der Waals surface area (Å²) in [5, 5.41) is 17.0. The quantitative estimate of drug-likeness (QED) is 0.614. The van der Waals surface area contributed by atoms with E-state index in [1.807, 2.05) is 18.2 Å². The molecule has 2 aromatic heterocycles. The second kappa shape index (κ2) is 8.37. The van der Waals surface area contributed by atoms with Gasteiger partial charge in [0.2, 0.25) is 11.0 Å². The minimum atomic E-state index is -0.421. The molecule has 136 valence electrons. The van der Waals surface area contributed by atoms with Crippen LogP contribution in [0.4, 0.5) is 5.13 Å². The van der Waals surface area contributed by atoms with Crippen molar-refractivity contribution < 1.29 is 4.79 Å². The normalized spacial score (nSPS) is 10.9. The van der Waals surface area contributed by atoms with Gasteiger partial charge in [-0.1, -0.05) is 54.8 Å². The van der Waals surface area contributed by atoms with Crippen LogP contribution >= 0.6 is 22.9 Å². The minimum absolute atomic E-state index is 0.0603. The predicted molar refractivity (Wildman–Crippen MR) is 102 cm³/mol. The molecule has 1 N–H and O–H groups in total. The van der Waals surface area contributed by atoms with Crippen LogP contribution in [-0.4, -0.2) is 30.9 Å². The van der Waals surface area contributed by atoms with E-state index < -0.39 is 5.91 Å². The van der Waals surface area contributed by atoms with Gasteiger partial charge in [0.25, 0.3) is 5.91 Å². The zero-order valence-electron chi connectivity index (χ0n) is 14.6. The molecular formula is C17H19ClN6OS.